The Balaban J connectivity index is 2.10. The van der Waals surface area contributed by atoms with E-state index >= 15 is 0 Å². The molecule has 0 bridgehead atoms. The Morgan fingerprint density at radius 2 is 2.19 bits per heavy atom. The van der Waals surface area contributed by atoms with Gasteiger partial charge in [-0.05, 0) is 19.4 Å². The normalized spacial score (nSPS) is 17.1. The Bertz CT molecular complexity index is 484. The number of rotatable bonds is 6. The number of methoxy groups -OCH3 is 1. The SMILES string of the molecule is CCN1CCC(N(C)c2nc(COC)c(C(=O)O)s2)CC1. The van der Waals surface area contributed by atoms with Crippen LogP contribution in [0, 0.1) is 0 Å². The minimum absolute atomic E-state index is 0.236. The molecule has 1 aromatic heterocycles. The number of carboxylic acid groups (broad SMARTS) is 1. The number of ether oxygens (including phenoxy) is 1. The maximum Gasteiger partial charge on any atom is 0.347 e. The third-order valence-electron chi connectivity index (χ3n) is 4.02. The topological polar surface area (TPSA) is 65.9 Å². The van der Waals surface area contributed by atoms with Crippen molar-refractivity contribution < 1.29 is 14.6 Å². The zero-order valence-corrected chi connectivity index (χ0v) is 13.7. The Labute approximate surface area is 129 Å². The van der Waals surface area contributed by atoms with Gasteiger partial charge in [-0.2, -0.15) is 0 Å². The number of hydrogen-bond donors (Lipinski definition) is 1. The van der Waals surface area contributed by atoms with Crippen molar-refractivity contribution in [2.24, 2.45) is 0 Å². The van der Waals surface area contributed by atoms with Crippen molar-refractivity contribution in [3.8, 4) is 0 Å². The number of aromatic carboxylic acids is 1. The molecule has 0 amide bonds. The fourth-order valence-corrected chi connectivity index (χ4v) is 3.61. The maximum atomic E-state index is 11.3. The molecule has 1 N–H and O–H groups in total. The van der Waals surface area contributed by atoms with Crippen LogP contribution in [0.1, 0.15) is 35.1 Å². The van der Waals surface area contributed by atoms with Gasteiger partial charge in [0.2, 0.25) is 0 Å². The third-order valence-corrected chi connectivity index (χ3v) is 5.19. The minimum atomic E-state index is -0.931. The van der Waals surface area contributed by atoms with Crippen molar-refractivity contribution in [3.05, 3.63) is 10.6 Å². The fourth-order valence-electron chi connectivity index (χ4n) is 2.67. The molecule has 1 saturated heterocycles. The molecule has 0 spiro atoms. The molecule has 2 rings (SSSR count). The van der Waals surface area contributed by atoms with Crippen LogP contribution in [0.25, 0.3) is 0 Å². The van der Waals surface area contributed by atoms with Crippen molar-refractivity contribution in [2.75, 3.05) is 38.7 Å². The summed E-state index contributed by atoms with van der Waals surface area (Å²) in [5.74, 6) is -0.931. The van der Waals surface area contributed by atoms with Gasteiger partial charge in [-0.3, -0.25) is 0 Å². The van der Waals surface area contributed by atoms with Crippen molar-refractivity contribution >= 4 is 22.4 Å². The molecule has 2 heterocycles. The summed E-state index contributed by atoms with van der Waals surface area (Å²) in [7, 11) is 3.56. The van der Waals surface area contributed by atoms with Gasteiger partial charge in [0.15, 0.2) is 5.13 Å². The second-order valence-electron chi connectivity index (χ2n) is 5.29. The van der Waals surface area contributed by atoms with E-state index in [2.05, 4.69) is 21.7 Å². The van der Waals surface area contributed by atoms with Crippen LogP contribution < -0.4 is 4.90 Å². The van der Waals surface area contributed by atoms with Gasteiger partial charge in [0.25, 0.3) is 0 Å². The first-order valence-electron chi connectivity index (χ1n) is 7.23. The zero-order chi connectivity index (χ0) is 15.4. The van der Waals surface area contributed by atoms with E-state index in [-0.39, 0.29) is 11.5 Å². The maximum absolute atomic E-state index is 11.3. The van der Waals surface area contributed by atoms with Crippen molar-refractivity contribution in [2.45, 2.75) is 32.4 Å². The van der Waals surface area contributed by atoms with Crippen LogP contribution in [0.5, 0.6) is 0 Å². The van der Waals surface area contributed by atoms with Crippen LogP contribution in [0.2, 0.25) is 0 Å². The molecule has 0 radical (unpaired) electrons. The van der Waals surface area contributed by atoms with Gasteiger partial charge < -0.3 is 19.6 Å². The van der Waals surface area contributed by atoms with Crippen molar-refractivity contribution in [3.63, 3.8) is 0 Å². The average Bonchev–Trinajstić information content (AvgIpc) is 2.91. The number of nitrogens with zero attached hydrogens (tertiary/aromatic N) is 3. The van der Waals surface area contributed by atoms with Gasteiger partial charge in [-0.25, -0.2) is 9.78 Å². The molecule has 1 fully saturated rings. The molecule has 0 aromatic carbocycles. The Morgan fingerprint density at radius 3 is 2.71 bits per heavy atom. The molecule has 6 nitrogen and oxygen atoms in total. The first kappa shape index (κ1) is 16.2. The summed E-state index contributed by atoms with van der Waals surface area (Å²) in [6, 6.07) is 0.427. The summed E-state index contributed by atoms with van der Waals surface area (Å²) < 4.78 is 5.04. The van der Waals surface area contributed by atoms with Crippen LogP contribution in [-0.2, 0) is 11.3 Å². The van der Waals surface area contributed by atoms with Gasteiger partial charge in [0.1, 0.15) is 4.88 Å². The largest absolute Gasteiger partial charge is 0.477 e. The number of piperidine rings is 1. The van der Waals surface area contributed by atoms with E-state index in [9.17, 15) is 9.90 Å². The van der Waals surface area contributed by atoms with E-state index in [0.29, 0.717) is 11.7 Å². The molecule has 118 valence electrons. The zero-order valence-electron chi connectivity index (χ0n) is 12.8. The van der Waals surface area contributed by atoms with Crippen LogP contribution in [0.3, 0.4) is 0 Å². The highest BCUT2D eigenvalue weighted by Crippen LogP contribution is 2.29. The van der Waals surface area contributed by atoms with Crippen LogP contribution in [0.15, 0.2) is 0 Å². The lowest BCUT2D eigenvalue weighted by Crippen LogP contribution is -2.43. The lowest BCUT2D eigenvalue weighted by molar-refractivity contribution is 0.0697. The fraction of sp³-hybridized carbons (Fsp3) is 0.714. The number of anilines is 1. The summed E-state index contributed by atoms with van der Waals surface area (Å²) in [5, 5.41) is 10.0. The molecular formula is C14H23N3O3S. The molecule has 0 aliphatic carbocycles. The lowest BCUT2D eigenvalue weighted by Gasteiger charge is -2.36. The summed E-state index contributed by atoms with van der Waals surface area (Å²) in [6.45, 7) is 5.69. The smallest absolute Gasteiger partial charge is 0.347 e. The first-order valence-corrected chi connectivity index (χ1v) is 8.05. The molecule has 7 heteroatoms. The van der Waals surface area contributed by atoms with Crippen molar-refractivity contribution in [1.29, 1.82) is 0 Å². The highest BCUT2D eigenvalue weighted by Gasteiger charge is 2.26. The number of thiazole rings is 1. The first-order chi connectivity index (χ1) is 10.1. The summed E-state index contributed by atoms with van der Waals surface area (Å²) in [4.78, 5) is 20.6. The molecule has 1 aliphatic rings. The Kier molecular flexibility index (Phi) is 5.55. The van der Waals surface area contributed by atoms with Gasteiger partial charge in [-0.15, -0.1) is 0 Å². The number of carboxylic acids is 1. The number of likely N-dealkylation sites (tertiary alicyclic amines) is 1. The van der Waals surface area contributed by atoms with E-state index < -0.39 is 5.97 Å². The Hall–Kier alpha value is -1.18. The van der Waals surface area contributed by atoms with Crippen LogP contribution in [0.4, 0.5) is 5.13 Å². The molecule has 1 aliphatic heterocycles. The number of hydrogen-bond acceptors (Lipinski definition) is 6. The molecule has 0 saturated carbocycles. The minimum Gasteiger partial charge on any atom is -0.477 e. The van der Waals surface area contributed by atoms with Crippen LogP contribution >= 0.6 is 11.3 Å². The standard InChI is InChI=1S/C14H23N3O3S/c1-4-17-7-5-10(6-8-17)16(2)14-15-11(9-20-3)12(21-14)13(18)19/h10H,4-9H2,1-3H3,(H,18,19). The average molecular weight is 313 g/mol. The van der Waals surface area contributed by atoms with Crippen LogP contribution in [-0.4, -0.2) is 60.8 Å². The Morgan fingerprint density at radius 1 is 1.52 bits per heavy atom. The van der Waals surface area contributed by atoms with E-state index in [1.54, 1.807) is 7.11 Å². The molecule has 0 atom stereocenters. The van der Waals surface area contributed by atoms with Gasteiger partial charge in [-0.1, -0.05) is 18.3 Å². The molecule has 1 aromatic rings. The predicted molar refractivity (Wildman–Crippen MR) is 83.3 cm³/mol. The second kappa shape index (κ2) is 7.20. The number of carbonyl (C=O) groups is 1. The lowest BCUT2D eigenvalue weighted by atomic mass is 10.0. The highest BCUT2D eigenvalue weighted by molar-refractivity contribution is 7.17. The number of aromatic nitrogens is 1. The predicted octanol–water partition coefficient (Wildman–Crippen LogP) is 1.91. The summed E-state index contributed by atoms with van der Waals surface area (Å²) in [6.07, 6.45) is 2.18. The second-order valence-corrected chi connectivity index (χ2v) is 6.26. The molecule has 21 heavy (non-hydrogen) atoms. The van der Waals surface area contributed by atoms with E-state index in [0.717, 1.165) is 37.6 Å². The van der Waals surface area contributed by atoms with Gasteiger partial charge >= 0.3 is 5.97 Å². The van der Waals surface area contributed by atoms with E-state index in [1.165, 1.54) is 11.3 Å². The third kappa shape index (κ3) is 3.72. The molecule has 0 unspecified atom stereocenters. The van der Waals surface area contributed by atoms with E-state index in [4.69, 9.17) is 4.74 Å². The van der Waals surface area contributed by atoms with Gasteiger partial charge in [0, 0.05) is 33.3 Å². The monoisotopic (exact) mass is 313 g/mol. The summed E-state index contributed by atoms with van der Waals surface area (Å²) >= 11 is 1.24. The molecular weight excluding hydrogens is 290 g/mol. The summed E-state index contributed by atoms with van der Waals surface area (Å²) in [5.41, 5.74) is 0.517. The highest BCUT2D eigenvalue weighted by atomic mass is 32.1. The quantitative estimate of drug-likeness (QED) is 0.865. The van der Waals surface area contributed by atoms with E-state index in [1.807, 2.05) is 7.05 Å². The van der Waals surface area contributed by atoms with Crippen molar-refractivity contribution in [1.82, 2.24) is 9.88 Å². The van der Waals surface area contributed by atoms with Gasteiger partial charge in [0.05, 0.1) is 12.3 Å².